The summed E-state index contributed by atoms with van der Waals surface area (Å²) < 4.78 is 15.6. The Morgan fingerprint density at radius 2 is 1.88 bits per heavy atom. The lowest BCUT2D eigenvalue weighted by Gasteiger charge is -2.44. The van der Waals surface area contributed by atoms with Crippen LogP contribution >= 0.6 is 0 Å². The second-order valence-corrected chi connectivity index (χ2v) is 7.06. The molecule has 2 atom stereocenters. The first-order chi connectivity index (χ1) is 11.5. The van der Waals surface area contributed by atoms with Crippen LogP contribution in [0, 0.1) is 5.41 Å². The molecule has 0 aromatic rings. The highest BCUT2D eigenvalue weighted by Crippen LogP contribution is 2.34. The van der Waals surface area contributed by atoms with Gasteiger partial charge in [0.15, 0.2) is 5.79 Å². The van der Waals surface area contributed by atoms with Crippen molar-refractivity contribution in [3.63, 3.8) is 0 Å². The Bertz CT molecular complexity index is 505. The van der Waals surface area contributed by atoms with E-state index in [1.807, 2.05) is 13.8 Å². The molecule has 1 aliphatic rings. The first kappa shape index (κ1) is 21.3. The molecule has 1 saturated heterocycles. The van der Waals surface area contributed by atoms with E-state index in [-0.39, 0.29) is 25.4 Å². The van der Waals surface area contributed by atoms with Gasteiger partial charge in [-0.15, -0.1) is 0 Å². The Kier molecular flexibility index (Phi) is 7.33. The smallest absolute Gasteiger partial charge is 0.325 e. The summed E-state index contributed by atoms with van der Waals surface area (Å²) in [5.41, 5.74) is -0.504. The monoisotopic (exact) mass is 360 g/mol. The molecule has 9 nitrogen and oxygen atoms in total. The zero-order valence-corrected chi connectivity index (χ0v) is 15.4. The third-order valence-corrected chi connectivity index (χ3v) is 3.80. The number of methoxy groups -OCH3 is 1. The van der Waals surface area contributed by atoms with Crippen molar-refractivity contribution in [2.45, 2.75) is 52.1 Å². The van der Waals surface area contributed by atoms with Crippen LogP contribution in [-0.4, -0.2) is 67.7 Å². The summed E-state index contributed by atoms with van der Waals surface area (Å²) in [4.78, 5) is 34.9. The number of aliphatic hydroxyl groups is 1. The Labute approximate surface area is 147 Å². The van der Waals surface area contributed by atoms with Gasteiger partial charge in [-0.2, -0.15) is 0 Å². The van der Waals surface area contributed by atoms with Gasteiger partial charge < -0.3 is 30.0 Å². The van der Waals surface area contributed by atoms with E-state index < -0.39 is 35.3 Å². The van der Waals surface area contributed by atoms with Gasteiger partial charge in [-0.1, -0.05) is 13.8 Å². The summed E-state index contributed by atoms with van der Waals surface area (Å²) in [6.45, 7) is 7.33. The summed E-state index contributed by atoms with van der Waals surface area (Å²) in [6.07, 6.45) is -2.04. The molecule has 0 spiro atoms. The highest BCUT2D eigenvalue weighted by Gasteiger charge is 2.45. The molecule has 1 heterocycles. The van der Waals surface area contributed by atoms with Gasteiger partial charge >= 0.3 is 5.97 Å². The van der Waals surface area contributed by atoms with E-state index in [0.29, 0.717) is 6.61 Å². The van der Waals surface area contributed by atoms with Crippen LogP contribution < -0.4 is 10.6 Å². The van der Waals surface area contributed by atoms with E-state index in [0.717, 1.165) is 0 Å². The van der Waals surface area contributed by atoms with E-state index in [4.69, 9.17) is 9.47 Å². The van der Waals surface area contributed by atoms with Gasteiger partial charge in [0.2, 0.25) is 11.8 Å². The molecule has 0 aromatic carbocycles. The predicted octanol–water partition coefficient (Wildman–Crippen LogP) is -0.679. The largest absolute Gasteiger partial charge is 0.468 e. The van der Waals surface area contributed by atoms with E-state index in [2.05, 4.69) is 15.4 Å². The maximum atomic E-state index is 12.4. The third-order valence-electron chi connectivity index (χ3n) is 3.80. The minimum absolute atomic E-state index is 0.00574. The first-order valence-corrected chi connectivity index (χ1v) is 8.10. The molecular formula is C16H28N2O7. The molecule has 2 amide bonds. The van der Waals surface area contributed by atoms with E-state index >= 15 is 0 Å². The van der Waals surface area contributed by atoms with Gasteiger partial charge in [0.1, 0.15) is 18.8 Å². The van der Waals surface area contributed by atoms with Crippen LogP contribution in [0.3, 0.4) is 0 Å². The number of carbonyl (C=O) groups excluding carboxylic acids is 3. The summed E-state index contributed by atoms with van der Waals surface area (Å²) in [5, 5.41) is 14.6. The van der Waals surface area contributed by atoms with Gasteiger partial charge in [-0.25, -0.2) is 0 Å². The number of esters is 1. The lowest BCUT2D eigenvalue weighted by molar-refractivity contribution is -0.304. The molecule has 1 unspecified atom stereocenters. The van der Waals surface area contributed by atoms with E-state index in [1.54, 1.807) is 13.8 Å². The highest BCUT2D eigenvalue weighted by atomic mass is 16.7. The van der Waals surface area contributed by atoms with Crippen molar-refractivity contribution in [2.75, 3.05) is 26.8 Å². The number of ether oxygens (including phenoxy) is 3. The average molecular weight is 360 g/mol. The molecule has 0 aliphatic carbocycles. The maximum Gasteiger partial charge on any atom is 0.325 e. The van der Waals surface area contributed by atoms with Crippen LogP contribution in [0.15, 0.2) is 0 Å². The first-order valence-electron chi connectivity index (χ1n) is 8.10. The Morgan fingerprint density at radius 3 is 2.48 bits per heavy atom. The number of carbonyl (C=O) groups is 3. The average Bonchev–Trinajstić information content (AvgIpc) is 2.54. The fourth-order valence-electron chi connectivity index (χ4n) is 2.23. The number of nitrogens with one attached hydrogen (secondary N) is 2. The normalized spacial score (nSPS) is 22.6. The second-order valence-electron chi connectivity index (χ2n) is 7.06. The van der Waals surface area contributed by atoms with Crippen molar-refractivity contribution in [1.82, 2.24) is 10.6 Å². The number of aliphatic hydroxyl groups excluding tert-OH is 1. The van der Waals surface area contributed by atoms with Crippen LogP contribution in [-0.2, 0) is 28.6 Å². The SMILES string of the molecule is COC(=O)CNC(=O)C(O)CCNC(=O)[C@@H]1OC(C)(C)OCC1(C)C. The van der Waals surface area contributed by atoms with E-state index in [1.165, 1.54) is 7.11 Å². The van der Waals surface area contributed by atoms with Crippen molar-refractivity contribution < 1.29 is 33.7 Å². The fraction of sp³-hybridized carbons (Fsp3) is 0.812. The lowest BCUT2D eigenvalue weighted by Crippen LogP contribution is -2.56. The van der Waals surface area contributed by atoms with Gasteiger partial charge in [-0.05, 0) is 20.3 Å². The Hall–Kier alpha value is -1.71. The summed E-state index contributed by atoms with van der Waals surface area (Å²) in [5.74, 6) is -2.51. The molecule has 1 aliphatic heterocycles. The molecule has 3 N–H and O–H groups in total. The lowest BCUT2D eigenvalue weighted by atomic mass is 9.85. The summed E-state index contributed by atoms with van der Waals surface area (Å²) >= 11 is 0. The van der Waals surface area contributed by atoms with Gasteiger partial charge in [-0.3, -0.25) is 14.4 Å². The highest BCUT2D eigenvalue weighted by molar-refractivity contribution is 5.85. The predicted molar refractivity (Wildman–Crippen MR) is 87.3 cm³/mol. The zero-order valence-electron chi connectivity index (χ0n) is 15.4. The molecule has 0 aromatic heterocycles. The standard InChI is InChI=1S/C16H28N2O7/c1-15(2)9-24-16(3,4)25-12(15)14(22)17-7-6-10(19)13(21)18-8-11(20)23-5/h10,12,19H,6-9H2,1-5H3,(H,17,22)(H,18,21)/t10?,12-/m0/s1. The van der Waals surface area contributed by atoms with Crippen molar-refractivity contribution >= 4 is 17.8 Å². The molecule has 1 rings (SSSR count). The van der Waals surface area contributed by atoms with Crippen LogP contribution in [0.1, 0.15) is 34.1 Å². The van der Waals surface area contributed by atoms with E-state index in [9.17, 15) is 19.5 Å². The number of hydrogen-bond acceptors (Lipinski definition) is 7. The van der Waals surface area contributed by atoms with Crippen LogP contribution in [0.2, 0.25) is 0 Å². The number of amides is 2. The molecule has 0 bridgehead atoms. The zero-order chi connectivity index (χ0) is 19.3. The molecule has 0 saturated carbocycles. The van der Waals surface area contributed by atoms with Crippen LogP contribution in [0.4, 0.5) is 0 Å². The van der Waals surface area contributed by atoms with Crippen LogP contribution in [0.5, 0.6) is 0 Å². The molecule has 0 radical (unpaired) electrons. The van der Waals surface area contributed by atoms with Crippen molar-refractivity contribution in [1.29, 1.82) is 0 Å². The fourth-order valence-corrected chi connectivity index (χ4v) is 2.23. The number of rotatable bonds is 7. The summed E-state index contributed by atoms with van der Waals surface area (Å²) in [7, 11) is 1.20. The Balaban J connectivity index is 2.42. The molecular weight excluding hydrogens is 332 g/mol. The van der Waals surface area contributed by atoms with Crippen molar-refractivity contribution in [3.05, 3.63) is 0 Å². The van der Waals surface area contributed by atoms with Crippen molar-refractivity contribution in [2.24, 2.45) is 5.41 Å². The molecule has 25 heavy (non-hydrogen) atoms. The van der Waals surface area contributed by atoms with Crippen LogP contribution in [0.25, 0.3) is 0 Å². The molecule has 144 valence electrons. The minimum atomic E-state index is -1.34. The molecule has 1 fully saturated rings. The minimum Gasteiger partial charge on any atom is -0.468 e. The topological polar surface area (TPSA) is 123 Å². The van der Waals surface area contributed by atoms with Gasteiger partial charge in [0, 0.05) is 12.0 Å². The molecule has 9 heteroatoms. The second kappa shape index (κ2) is 8.59. The third kappa shape index (κ3) is 6.60. The quantitative estimate of drug-likeness (QED) is 0.514. The van der Waals surface area contributed by atoms with Gasteiger partial charge in [0.25, 0.3) is 0 Å². The van der Waals surface area contributed by atoms with Crippen molar-refractivity contribution in [3.8, 4) is 0 Å². The Morgan fingerprint density at radius 1 is 1.24 bits per heavy atom. The summed E-state index contributed by atoms with van der Waals surface area (Å²) in [6, 6.07) is 0. The number of hydrogen-bond donors (Lipinski definition) is 3. The maximum absolute atomic E-state index is 12.4. The van der Waals surface area contributed by atoms with Gasteiger partial charge in [0.05, 0.1) is 13.7 Å².